The lowest BCUT2D eigenvalue weighted by Crippen LogP contribution is -2.50. The van der Waals surface area contributed by atoms with Crippen molar-refractivity contribution in [2.75, 3.05) is 50.5 Å². The van der Waals surface area contributed by atoms with Crippen LogP contribution in [0.1, 0.15) is 42.2 Å². The summed E-state index contributed by atoms with van der Waals surface area (Å²) in [5.41, 5.74) is 6.34. The highest BCUT2D eigenvalue weighted by Gasteiger charge is 2.25. The van der Waals surface area contributed by atoms with Crippen molar-refractivity contribution in [3.8, 4) is 0 Å². The van der Waals surface area contributed by atoms with Crippen LogP contribution in [-0.2, 0) is 0 Å². The average Bonchev–Trinajstić information content (AvgIpc) is 3.28. The third kappa shape index (κ3) is 5.51. The molecule has 1 atom stereocenters. The summed E-state index contributed by atoms with van der Waals surface area (Å²) in [7, 11) is 3.43. The molecule has 2 aromatic heterocycles. The first-order valence-corrected chi connectivity index (χ1v) is 11.3. The van der Waals surface area contributed by atoms with Crippen LogP contribution < -0.4 is 26.6 Å². The van der Waals surface area contributed by atoms with Gasteiger partial charge in [-0.2, -0.15) is 5.10 Å². The molecule has 0 bridgehead atoms. The fourth-order valence-electron chi connectivity index (χ4n) is 4.22. The van der Waals surface area contributed by atoms with Crippen molar-refractivity contribution in [3.63, 3.8) is 0 Å². The van der Waals surface area contributed by atoms with E-state index in [1.165, 1.54) is 4.90 Å². The van der Waals surface area contributed by atoms with Crippen LogP contribution in [0.15, 0.2) is 18.6 Å². The van der Waals surface area contributed by atoms with Crippen molar-refractivity contribution >= 4 is 29.3 Å². The monoisotopic (exact) mass is 456 g/mol. The van der Waals surface area contributed by atoms with Crippen LogP contribution >= 0.6 is 0 Å². The van der Waals surface area contributed by atoms with E-state index in [-0.39, 0.29) is 17.8 Å². The Kier molecular flexibility index (Phi) is 6.92. The van der Waals surface area contributed by atoms with Gasteiger partial charge in [-0.05, 0) is 38.8 Å². The van der Waals surface area contributed by atoms with Crippen molar-refractivity contribution in [3.05, 3.63) is 24.3 Å². The SMILES string of the molecule is CN(C)C(=O)N[C@@H]1CCCN(c2cnc(C(N)=O)c(Nc3cnn(C4CCNCC4)c3)n2)C1. The Morgan fingerprint density at radius 1 is 1.21 bits per heavy atom. The predicted octanol–water partition coefficient (Wildman–Crippen LogP) is 0.680. The van der Waals surface area contributed by atoms with E-state index in [0.717, 1.165) is 51.0 Å². The van der Waals surface area contributed by atoms with Crippen molar-refractivity contribution in [2.24, 2.45) is 5.73 Å². The molecule has 2 aromatic rings. The van der Waals surface area contributed by atoms with Gasteiger partial charge >= 0.3 is 6.03 Å². The van der Waals surface area contributed by atoms with E-state index in [0.29, 0.717) is 24.2 Å². The molecule has 12 heteroatoms. The lowest BCUT2D eigenvalue weighted by atomic mass is 10.1. The molecule has 178 valence electrons. The predicted molar refractivity (Wildman–Crippen MR) is 125 cm³/mol. The second-order valence-corrected chi connectivity index (χ2v) is 8.73. The fraction of sp³-hybridized carbons (Fsp3) is 0.571. The van der Waals surface area contributed by atoms with Gasteiger partial charge in [0.05, 0.1) is 24.1 Å². The minimum absolute atomic E-state index is 0.00545. The first kappa shape index (κ1) is 22.8. The summed E-state index contributed by atoms with van der Waals surface area (Å²) in [5, 5.41) is 14.0. The third-order valence-electron chi connectivity index (χ3n) is 6.02. The van der Waals surface area contributed by atoms with Crippen LogP contribution in [0.3, 0.4) is 0 Å². The molecule has 2 aliphatic rings. The maximum atomic E-state index is 12.0. The summed E-state index contributed by atoms with van der Waals surface area (Å²) < 4.78 is 1.95. The zero-order chi connectivity index (χ0) is 23.4. The first-order chi connectivity index (χ1) is 15.9. The lowest BCUT2D eigenvalue weighted by Gasteiger charge is -2.34. The van der Waals surface area contributed by atoms with Crippen LogP contribution in [0.4, 0.5) is 22.1 Å². The van der Waals surface area contributed by atoms with Gasteiger partial charge in [0.1, 0.15) is 5.82 Å². The van der Waals surface area contributed by atoms with Crippen molar-refractivity contribution < 1.29 is 9.59 Å². The molecule has 12 nitrogen and oxygen atoms in total. The van der Waals surface area contributed by atoms with Crippen LogP contribution in [-0.4, -0.2) is 82.9 Å². The Morgan fingerprint density at radius 2 is 2.00 bits per heavy atom. The molecular weight excluding hydrogens is 424 g/mol. The number of aromatic nitrogens is 4. The van der Waals surface area contributed by atoms with E-state index in [9.17, 15) is 9.59 Å². The largest absolute Gasteiger partial charge is 0.364 e. The molecule has 33 heavy (non-hydrogen) atoms. The highest BCUT2D eigenvalue weighted by molar-refractivity contribution is 5.96. The van der Waals surface area contributed by atoms with E-state index >= 15 is 0 Å². The number of carbonyl (C=O) groups excluding carboxylic acids is 2. The van der Waals surface area contributed by atoms with Gasteiger partial charge in [0.2, 0.25) is 0 Å². The number of carbonyl (C=O) groups is 2. The molecule has 4 rings (SSSR count). The van der Waals surface area contributed by atoms with Crippen molar-refractivity contribution in [1.29, 1.82) is 0 Å². The van der Waals surface area contributed by atoms with Gasteiger partial charge in [-0.3, -0.25) is 9.48 Å². The van der Waals surface area contributed by atoms with Gasteiger partial charge in [0, 0.05) is 39.4 Å². The molecule has 2 saturated heterocycles. The second-order valence-electron chi connectivity index (χ2n) is 8.73. The smallest absolute Gasteiger partial charge is 0.317 e. The molecule has 0 saturated carbocycles. The van der Waals surface area contributed by atoms with E-state index in [1.807, 2.05) is 10.9 Å². The number of primary amides is 1. The Labute approximate surface area is 192 Å². The standard InChI is InChI=1S/C21H32N10O2/c1-29(2)21(33)27-14-4-3-9-30(12-14)17-11-24-18(19(22)32)20(28-17)26-15-10-25-31(13-15)16-5-7-23-8-6-16/h10-11,13-14,16,23H,3-9,12H2,1-2H3,(H2,22,32)(H,26,28)(H,27,33)/t14-/m1/s1. The molecule has 0 unspecified atom stereocenters. The fourth-order valence-corrected chi connectivity index (χ4v) is 4.22. The zero-order valence-electron chi connectivity index (χ0n) is 19.1. The summed E-state index contributed by atoms with van der Waals surface area (Å²) in [4.78, 5) is 36.6. The Balaban J connectivity index is 1.50. The Morgan fingerprint density at radius 3 is 2.73 bits per heavy atom. The summed E-state index contributed by atoms with van der Waals surface area (Å²) in [6, 6.07) is 0.230. The first-order valence-electron chi connectivity index (χ1n) is 11.3. The number of hydrogen-bond acceptors (Lipinski definition) is 8. The maximum Gasteiger partial charge on any atom is 0.317 e. The molecule has 0 radical (unpaired) electrons. The number of rotatable bonds is 6. The number of hydrogen-bond donors (Lipinski definition) is 4. The molecule has 0 aromatic carbocycles. The zero-order valence-corrected chi connectivity index (χ0v) is 19.1. The number of nitrogens with one attached hydrogen (secondary N) is 3. The van der Waals surface area contributed by atoms with Gasteiger partial charge in [-0.15, -0.1) is 0 Å². The number of nitrogens with zero attached hydrogens (tertiary/aromatic N) is 6. The molecule has 4 heterocycles. The minimum Gasteiger partial charge on any atom is -0.364 e. The van der Waals surface area contributed by atoms with Crippen LogP contribution in [0.5, 0.6) is 0 Å². The highest BCUT2D eigenvalue weighted by atomic mass is 16.2. The van der Waals surface area contributed by atoms with Gasteiger partial charge in [0.15, 0.2) is 11.5 Å². The van der Waals surface area contributed by atoms with Crippen LogP contribution in [0.2, 0.25) is 0 Å². The lowest BCUT2D eigenvalue weighted by molar-refractivity contribution is 0.0996. The average molecular weight is 457 g/mol. The number of nitrogens with two attached hydrogens (primary N) is 1. The number of anilines is 3. The minimum atomic E-state index is -0.655. The topological polar surface area (TPSA) is 146 Å². The molecule has 5 N–H and O–H groups in total. The number of piperidine rings is 2. The Hall–Kier alpha value is -3.41. The molecule has 0 spiro atoms. The summed E-state index contributed by atoms with van der Waals surface area (Å²) >= 11 is 0. The van der Waals surface area contributed by atoms with Gasteiger partial charge in [-0.1, -0.05) is 0 Å². The van der Waals surface area contributed by atoms with Crippen molar-refractivity contribution in [2.45, 2.75) is 37.8 Å². The summed E-state index contributed by atoms with van der Waals surface area (Å²) in [6.07, 6.45) is 9.03. The second kappa shape index (κ2) is 10.0. The van der Waals surface area contributed by atoms with Crippen LogP contribution in [0, 0.1) is 0 Å². The van der Waals surface area contributed by atoms with Crippen LogP contribution in [0.25, 0.3) is 0 Å². The molecule has 3 amide bonds. The third-order valence-corrected chi connectivity index (χ3v) is 6.02. The normalized spacial score (nSPS) is 19.2. The van der Waals surface area contributed by atoms with E-state index < -0.39 is 5.91 Å². The van der Waals surface area contributed by atoms with Gasteiger partial charge in [-0.25, -0.2) is 14.8 Å². The van der Waals surface area contributed by atoms with E-state index in [1.54, 1.807) is 26.5 Å². The van der Waals surface area contributed by atoms with Gasteiger partial charge < -0.3 is 31.5 Å². The molecule has 0 aliphatic carbocycles. The van der Waals surface area contributed by atoms with E-state index in [4.69, 9.17) is 5.73 Å². The summed E-state index contributed by atoms with van der Waals surface area (Å²) in [6.45, 7) is 3.33. The van der Waals surface area contributed by atoms with Crippen molar-refractivity contribution in [1.82, 2.24) is 35.3 Å². The molecular formula is C21H32N10O2. The van der Waals surface area contributed by atoms with Gasteiger partial charge in [0.25, 0.3) is 5.91 Å². The quantitative estimate of drug-likeness (QED) is 0.496. The number of urea groups is 1. The highest BCUT2D eigenvalue weighted by Crippen LogP contribution is 2.25. The Bertz CT molecular complexity index is 985. The number of amides is 3. The molecule has 2 aliphatic heterocycles. The maximum absolute atomic E-state index is 12.0. The summed E-state index contributed by atoms with van der Waals surface area (Å²) in [5.74, 6) is 0.262. The molecule has 2 fully saturated rings. The van der Waals surface area contributed by atoms with E-state index in [2.05, 4.69) is 35.9 Å².